The topological polar surface area (TPSA) is 124 Å². The first-order valence-corrected chi connectivity index (χ1v) is 14.4. The Morgan fingerprint density at radius 1 is 1.11 bits per heavy atom. The third-order valence-corrected chi connectivity index (χ3v) is 8.19. The smallest absolute Gasteiger partial charge is 0.330 e. The van der Waals surface area contributed by atoms with Crippen molar-refractivity contribution in [2.75, 3.05) is 25.6 Å². The molecule has 1 aliphatic rings. The molecule has 0 saturated carbocycles. The van der Waals surface area contributed by atoms with E-state index in [0.29, 0.717) is 24.2 Å². The maximum atomic E-state index is 15.8. The summed E-state index contributed by atoms with van der Waals surface area (Å²) in [6.07, 6.45) is 0.964. The standard InChI is InChI=1S/C32H31ClF2N4O6/c1-38-15-22(31(42)39(2)32(38)43)30(41)37-25-9-5-8-20(29(25)35)19-7-4-6-18(28(19)33)17-12-23(34)21(27(13-17)44-3)14-36-24-10-11-45-16-26(24)40/h4-9,12-13,15,24,26,36,40H,10-11,14,16H2,1-3H3,(H,37,41)/t24-,26+/m1/s1. The van der Waals surface area contributed by atoms with Crippen LogP contribution in [0.3, 0.4) is 0 Å². The van der Waals surface area contributed by atoms with E-state index in [9.17, 15) is 19.5 Å². The number of benzene rings is 3. The number of aliphatic hydroxyl groups is 1. The van der Waals surface area contributed by atoms with Gasteiger partial charge in [0.2, 0.25) is 0 Å². The van der Waals surface area contributed by atoms with Crippen molar-refractivity contribution in [3.05, 3.63) is 103 Å². The normalized spacial score (nSPS) is 16.4. The van der Waals surface area contributed by atoms with E-state index in [4.69, 9.17) is 21.1 Å². The fourth-order valence-corrected chi connectivity index (χ4v) is 5.60. The Labute approximate surface area is 261 Å². The summed E-state index contributed by atoms with van der Waals surface area (Å²) in [6.45, 7) is 0.809. The van der Waals surface area contributed by atoms with Gasteiger partial charge < -0.3 is 29.8 Å². The molecule has 5 rings (SSSR count). The van der Waals surface area contributed by atoms with Crippen LogP contribution in [0.2, 0.25) is 5.02 Å². The van der Waals surface area contributed by atoms with E-state index < -0.39 is 34.9 Å². The van der Waals surface area contributed by atoms with Crippen LogP contribution in [0.1, 0.15) is 22.3 Å². The highest BCUT2D eigenvalue weighted by molar-refractivity contribution is 6.36. The quantitative estimate of drug-likeness (QED) is 0.267. The number of anilines is 1. The number of aromatic nitrogens is 2. The number of hydrogen-bond acceptors (Lipinski definition) is 7. The summed E-state index contributed by atoms with van der Waals surface area (Å²) in [5.41, 5.74) is -0.594. The minimum Gasteiger partial charge on any atom is -0.496 e. The van der Waals surface area contributed by atoms with Crippen molar-refractivity contribution in [2.24, 2.45) is 14.1 Å². The van der Waals surface area contributed by atoms with E-state index in [2.05, 4.69) is 10.6 Å². The summed E-state index contributed by atoms with van der Waals surface area (Å²) in [5, 5.41) is 15.9. The van der Waals surface area contributed by atoms with Gasteiger partial charge in [0.1, 0.15) is 17.1 Å². The van der Waals surface area contributed by atoms with Crippen LogP contribution in [-0.4, -0.2) is 52.6 Å². The zero-order valence-electron chi connectivity index (χ0n) is 24.7. The van der Waals surface area contributed by atoms with Crippen molar-refractivity contribution in [1.82, 2.24) is 14.5 Å². The van der Waals surface area contributed by atoms with E-state index in [0.717, 1.165) is 15.3 Å². The molecule has 0 unspecified atom stereocenters. The van der Waals surface area contributed by atoms with E-state index in [-0.39, 0.29) is 57.9 Å². The second-order valence-corrected chi connectivity index (χ2v) is 11.0. The van der Waals surface area contributed by atoms with Gasteiger partial charge in [0, 0.05) is 61.7 Å². The fourth-order valence-electron chi connectivity index (χ4n) is 5.27. The average molecular weight is 641 g/mol. The Balaban J connectivity index is 1.45. The zero-order chi connectivity index (χ0) is 32.4. The van der Waals surface area contributed by atoms with Gasteiger partial charge in [-0.15, -0.1) is 0 Å². The molecular weight excluding hydrogens is 610 g/mol. The number of halogens is 3. The van der Waals surface area contributed by atoms with Crippen LogP contribution in [0, 0.1) is 11.6 Å². The van der Waals surface area contributed by atoms with Gasteiger partial charge in [0.15, 0.2) is 5.82 Å². The minimum atomic E-state index is -0.898. The molecule has 0 radical (unpaired) electrons. The zero-order valence-corrected chi connectivity index (χ0v) is 25.5. The number of hydrogen-bond donors (Lipinski definition) is 3. The van der Waals surface area contributed by atoms with Crippen LogP contribution in [0.15, 0.2) is 64.3 Å². The molecule has 45 heavy (non-hydrogen) atoms. The van der Waals surface area contributed by atoms with Crippen LogP contribution >= 0.6 is 11.6 Å². The SMILES string of the molecule is COc1cc(-c2cccc(-c3cccc(NC(=O)c4cn(C)c(=O)n(C)c4=O)c3F)c2Cl)cc(F)c1CN[C@@H]1CCOC[C@@H]1O. The Morgan fingerprint density at radius 2 is 1.82 bits per heavy atom. The highest BCUT2D eigenvalue weighted by Crippen LogP contribution is 2.40. The number of ether oxygens (including phenoxy) is 2. The van der Waals surface area contributed by atoms with E-state index in [1.807, 2.05) is 0 Å². The van der Waals surface area contributed by atoms with Gasteiger partial charge in [-0.25, -0.2) is 13.6 Å². The van der Waals surface area contributed by atoms with E-state index in [1.54, 1.807) is 24.3 Å². The molecule has 2 atom stereocenters. The van der Waals surface area contributed by atoms with Gasteiger partial charge in [-0.05, 0) is 30.2 Å². The molecule has 3 aromatic carbocycles. The van der Waals surface area contributed by atoms with Gasteiger partial charge >= 0.3 is 5.69 Å². The molecular formula is C32H31ClF2N4O6. The number of aliphatic hydroxyl groups excluding tert-OH is 1. The average Bonchev–Trinajstić information content (AvgIpc) is 3.02. The van der Waals surface area contributed by atoms with Crippen molar-refractivity contribution in [1.29, 1.82) is 0 Å². The number of nitrogens with one attached hydrogen (secondary N) is 2. The molecule has 1 amide bonds. The minimum absolute atomic E-state index is 0.0521. The second kappa shape index (κ2) is 13.3. The second-order valence-electron chi connectivity index (χ2n) is 10.6. The lowest BCUT2D eigenvalue weighted by Gasteiger charge is -2.29. The first-order chi connectivity index (χ1) is 21.5. The molecule has 1 aliphatic heterocycles. The lowest BCUT2D eigenvalue weighted by molar-refractivity contribution is -0.0281. The molecule has 236 valence electrons. The van der Waals surface area contributed by atoms with E-state index >= 15 is 8.78 Å². The molecule has 4 aromatic rings. The molecule has 1 saturated heterocycles. The summed E-state index contributed by atoms with van der Waals surface area (Å²) in [5.74, 6) is -2.00. The lowest BCUT2D eigenvalue weighted by atomic mass is 9.96. The van der Waals surface area contributed by atoms with Crippen LogP contribution in [0.4, 0.5) is 14.5 Å². The van der Waals surface area contributed by atoms with Crippen LogP contribution in [-0.2, 0) is 25.4 Å². The molecule has 1 fully saturated rings. The van der Waals surface area contributed by atoms with Crippen LogP contribution in [0.25, 0.3) is 22.3 Å². The monoisotopic (exact) mass is 640 g/mol. The summed E-state index contributed by atoms with van der Waals surface area (Å²) >= 11 is 6.79. The maximum absolute atomic E-state index is 15.8. The number of rotatable bonds is 8. The summed E-state index contributed by atoms with van der Waals surface area (Å²) in [4.78, 5) is 37.4. The van der Waals surface area contributed by atoms with Crippen LogP contribution in [0.5, 0.6) is 5.75 Å². The van der Waals surface area contributed by atoms with Gasteiger partial charge in [-0.3, -0.25) is 14.2 Å². The Hall–Kier alpha value is -4.36. The fraction of sp³-hybridized carbons (Fsp3) is 0.281. The largest absolute Gasteiger partial charge is 0.496 e. The third kappa shape index (κ3) is 6.40. The Morgan fingerprint density at radius 3 is 2.56 bits per heavy atom. The van der Waals surface area contributed by atoms with Gasteiger partial charge in [0.25, 0.3) is 11.5 Å². The summed E-state index contributed by atoms with van der Waals surface area (Å²) < 4.78 is 43.9. The highest BCUT2D eigenvalue weighted by Gasteiger charge is 2.25. The number of nitrogens with zero attached hydrogens (tertiary/aromatic N) is 2. The van der Waals surface area contributed by atoms with Gasteiger partial charge in [0.05, 0.1) is 30.5 Å². The van der Waals surface area contributed by atoms with Gasteiger partial charge in [-0.1, -0.05) is 41.9 Å². The highest BCUT2D eigenvalue weighted by atomic mass is 35.5. The molecule has 10 nitrogen and oxygen atoms in total. The van der Waals surface area contributed by atoms with Crippen molar-refractivity contribution < 1.29 is 28.2 Å². The lowest BCUT2D eigenvalue weighted by Crippen LogP contribution is -2.46. The van der Waals surface area contributed by atoms with Crippen molar-refractivity contribution in [3.8, 4) is 28.0 Å². The van der Waals surface area contributed by atoms with Gasteiger partial charge in [-0.2, -0.15) is 0 Å². The summed E-state index contributed by atoms with van der Waals surface area (Å²) in [7, 11) is 4.05. The number of carbonyl (C=O) groups is 1. The van der Waals surface area contributed by atoms with Crippen LogP contribution < -0.4 is 26.6 Å². The number of amides is 1. The van der Waals surface area contributed by atoms with Crippen molar-refractivity contribution >= 4 is 23.2 Å². The molecule has 3 N–H and O–H groups in total. The predicted molar refractivity (Wildman–Crippen MR) is 166 cm³/mol. The molecule has 0 bridgehead atoms. The number of methoxy groups -OCH3 is 1. The van der Waals surface area contributed by atoms with Crippen molar-refractivity contribution in [3.63, 3.8) is 0 Å². The third-order valence-electron chi connectivity index (χ3n) is 7.78. The predicted octanol–water partition coefficient (Wildman–Crippen LogP) is 3.85. The van der Waals surface area contributed by atoms with E-state index in [1.165, 1.54) is 45.5 Å². The molecule has 1 aromatic heterocycles. The summed E-state index contributed by atoms with van der Waals surface area (Å²) in [6, 6.07) is 11.9. The molecule has 0 aliphatic carbocycles. The molecule has 2 heterocycles. The molecule has 13 heteroatoms. The molecule has 0 spiro atoms. The number of carbonyl (C=O) groups excluding carboxylic acids is 1. The maximum Gasteiger partial charge on any atom is 0.330 e. The first-order valence-electron chi connectivity index (χ1n) is 14.0. The van der Waals surface area contributed by atoms with Crippen molar-refractivity contribution in [2.45, 2.75) is 25.1 Å². The Bertz CT molecular complexity index is 1890. The first kappa shape index (κ1) is 32.0. The number of aryl methyl sites for hydroxylation is 1. The Kier molecular flexibility index (Phi) is 9.49.